The summed E-state index contributed by atoms with van der Waals surface area (Å²) in [5.41, 5.74) is 1.30. The number of carboxylic acids is 1. The maximum atomic E-state index is 11.0. The van der Waals surface area contributed by atoms with Crippen molar-refractivity contribution < 1.29 is 9.90 Å². The van der Waals surface area contributed by atoms with Gasteiger partial charge in [-0.2, -0.15) is 0 Å². The molecule has 1 heterocycles. The normalized spacial score (nSPS) is 26.8. The molecule has 3 nitrogen and oxygen atoms in total. The molecule has 18 heavy (non-hydrogen) atoms. The Morgan fingerprint density at radius 2 is 2.06 bits per heavy atom. The van der Waals surface area contributed by atoms with Gasteiger partial charge in [-0.25, -0.2) is 0 Å². The van der Waals surface area contributed by atoms with Crippen LogP contribution in [-0.2, 0) is 4.79 Å². The molecular formula is C15H21NO2. The Labute approximate surface area is 108 Å². The van der Waals surface area contributed by atoms with Crippen molar-refractivity contribution in [2.45, 2.75) is 38.8 Å². The number of aliphatic carboxylic acids is 1. The van der Waals surface area contributed by atoms with Crippen LogP contribution in [0, 0.1) is 5.92 Å². The van der Waals surface area contributed by atoms with E-state index in [4.69, 9.17) is 5.11 Å². The number of nitrogens with zero attached hydrogens (tertiary/aromatic N) is 1. The van der Waals surface area contributed by atoms with Gasteiger partial charge < -0.3 is 5.11 Å². The molecule has 1 saturated heterocycles. The molecule has 0 spiro atoms. The van der Waals surface area contributed by atoms with Gasteiger partial charge in [-0.3, -0.25) is 9.69 Å². The summed E-state index contributed by atoms with van der Waals surface area (Å²) in [5.74, 6) is -0.812. The minimum absolute atomic E-state index is 0.167. The standard InChI is InChI=1S/C15H21NO2/c1-11-10-14(15(17)18)8-9-16(11)12(2)13-6-4-3-5-7-13/h3-7,11-12,14H,8-10H2,1-2H3,(H,17,18). The van der Waals surface area contributed by atoms with Crippen LogP contribution in [0.3, 0.4) is 0 Å². The van der Waals surface area contributed by atoms with Gasteiger partial charge in [-0.1, -0.05) is 30.3 Å². The van der Waals surface area contributed by atoms with E-state index >= 15 is 0 Å². The second-order valence-electron chi connectivity index (χ2n) is 5.23. The molecule has 1 fully saturated rings. The minimum atomic E-state index is -0.645. The van der Waals surface area contributed by atoms with Crippen LogP contribution in [-0.4, -0.2) is 28.6 Å². The first kappa shape index (κ1) is 13.1. The van der Waals surface area contributed by atoms with Gasteiger partial charge >= 0.3 is 5.97 Å². The zero-order valence-corrected chi connectivity index (χ0v) is 11.0. The molecule has 0 saturated carbocycles. The summed E-state index contributed by atoms with van der Waals surface area (Å²) in [4.78, 5) is 13.4. The second-order valence-corrected chi connectivity index (χ2v) is 5.23. The first-order valence-corrected chi connectivity index (χ1v) is 6.63. The van der Waals surface area contributed by atoms with Crippen LogP contribution in [0.2, 0.25) is 0 Å². The zero-order valence-electron chi connectivity index (χ0n) is 11.0. The highest BCUT2D eigenvalue weighted by atomic mass is 16.4. The van der Waals surface area contributed by atoms with Gasteiger partial charge in [0.2, 0.25) is 0 Å². The Morgan fingerprint density at radius 3 is 2.61 bits per heavy atom. The molecule has 0 radical (unpaired) electrons. The number of likely N-dealkylation sites (tertiary alicyclic amines) is 1. The maximum absolute atomic E-state index is 11.0. The van der Waals surface area contributed by atoms with Crippen LogP contribution in [0.25, 0.3) is 0 Å². The summed E-state index contributed by atoms with van der Waals surface area (Å²) in [5, 5.41) is 9.08. The van der Waals surface area contributed by atoms with E-state index in [1.807, 2.05) is 6.07 Å². The lowest BCUT2D eigenvalue weighted by Crippen LogP contribution is -2.43. The van der Waals surface area contributed by atoms with Gasteiger partial charge in [0.05, 0.1) is 5.92 Å². The molecule has 3 heteroatoms. The largest absolute Gasteiger partial charge is 0.481 e. The van der Waals surface area contributed by atoms with E-state index in [2.05, 4.69) is 43.0 Å². The molecule has 0 amide bonds. The molecule has 1 aliphatic rings. The van der Waals surface area contributed by atoms with Crippen LogP contribution in [0.4, 0.5) is 0 Å². The Balaban J connectivity index is 2.05. The first-order chi connectivity index (χ1) is 8.59. The number of piperidine rings is 1. The van der Waals surface area contributed by atoms with E-state index in [9.17, 15) is 4.79 Å². The van der Waals surface area contributed by atoms with Crippen LogP contribution in [0.15, 0.2) is 30.3 Å². The van der Waals surface area contributed by atoms with Crippen LogP contribution in [0.5, 0.6) is 0 Å². The highest BCUT2D eigenvalue weighted by Gasteiger charge is 2.32. The van der Waals surface area contributed by atoms with Gasteiger partial charge in [-0.05, 0) is 38.8 Å². The fraction of sp³-hybridized carbons (Fsp3) is 0.533. The SMILES string of the molecule is CC1CC(C(=O)O)CCN1C(C)c1ccccc1. The number of hydrogen-bond acceptors (Lipinski definition) is 2. The molecule has 1 aromatic rings. The van der Waals surface area contributed by atoms with E-state index in [0.717, 1.165) is 19.4 Å². The van der Waals surface area contributed by atoms with Gasteiger partial charge in [-0.15, -0.1) is 0 Å². The van der Waals surface area contributed by atoms with Crippen LogP contribution >= 0.6 is 0 Å². The summed E-state index contributed by atoms with van der Waals surface area (Å²) < 4.78 is 0. The Bertz CT molecular complexity index is 404. The number of hydrogen-bond donors (Lipinski definition) is 1. The lowest BCUT2D eigenvalue weighted by Gasteiger charge is -2.40. The number of rotatable bonds is 3. The molecule has 0 aromatic heterocycles. The van der Waals surface area contributed by atoms with Crippen molar-refractivity contribution in [2.75, 3.05) is 6.54 Å². The predicted octanol–water partition coefficient (Wildman–Crippen LogP) is 2.93. The molecule has 3 unspecified atom stereocenters. The van der Waals surface area contributed by atoms with E-state index in [1.165, 1.54) is 5.56 Å². The molecule has 1 aromatic carbocycles. The van der Waals surface area contributed by atoms with Crippen molar-refractivity contribution in [1.29, 1.82) is 0 Å². The minimum Gasteiger partial charge on any atom is -0.481 e. The van der Waals surface area contributed by atoms with Crippen molar-refractivity contribution in [3.63, 3.8) is 0 Å². The van der Waals surface area contributed by atoms with Crippen molar-refractivity contribution in [3.05, 3.63) is 35.9 Å². The lowest BCUT2D eigenvalue weighted by atomic mass is 9.90. The average Bonchev–Trinajstić information content (AvgIpc) is 2.38. The zero-order chi connectivity index (χ0) is 13.1. The Hall–Kier alpha value is -1.35. The summed E-state index contributed by atoms with van der Waals surface area (Å²) in [6.45, 7) is 5.20. The molecule has 3 atom stereocenters. The topological polar surface area (TPSA) is 40.5 Å². The quantitative estimate of drug-likeness (QED) is 0.892. The number of carboxylic acid groups (broad SMARTS) is 1. The Morgan fingerprint density at radius 1 is 1.39 bits per heavy atom. The third kappa shape index (κ3) is 2.72. The first-order valence-electron chi connectivity index (χ1n) is 6.63. The predicted molar refractivity (Wildman–Crippen MR) is 71.4 cm³/mol. The second kappa shape index (κ2) is 5.53. The smallest absolute Gasteiger partial charge is 0.306 e. The van der Waals surface area contributed by atoms with Crippen molar-refractivity contribution in [3.8, 4) is 0 Å². The molecule has 1 N–H and O–H groups in total. The lowest BCUT2D eigenvalue weighted by molar-refractivity contribution is -0.144. The van der Waals surface area contributed by atoms with Crippen molar-refractivity contribution >= 4 is 5.97 Å². The van der Waals surface area contributed by atoms with Gasteiger partial charge in [0.15, 0.2) is 0 Å². The van der Waals surface area contributed by atoms with E-state index in [1.54, 1.807) is 0 Å². The highest BCUT2D eigenvalue weighted by Crippen LogP contribution is 2.30. The van der Waals surface area contributed by atoms with Crippen LogP contribution in [0.1, 0.15) is 38.3 Å². The molecule has 2 rings (SSSR count). The Kier molecular flexibility index (Phi) is 4.02. The van der Waals surface area contributed by atoms with E-state index < -0.39 is 5.97 Å². The van der Waals surface area contributed by atoms with Crippen molar-refractivity contribution in [2.24, 2.45) is 5.92 Å². The number of carbonyl (C=O) groups is 1. The summed E-state index contributed by atoms with van der Waals surface area (Å²) in [6.07, 6.45) is 1.52. The third-order valence-corrected chi connectivity index (χ3v) is 4.06. The fourth-order valence-electron chi connectivity index (χ4n) is 2.91. The van der Waals surface area contributed by atoms with Gasteiger partial charge in [0.1, 0.15) is 0 Å². The summed E-state index contributed by atoms with van der Waals surface area (Å²) >= 11 is 0. The van der Waals surface area contributed by atoms with Gasteiger partial charge in [0, 0.05) is 12.1 Å². The molecule has 1 aliphatic heterocycles. The average molecular weight is 247 g/mol. The highest BCUT2D eigenvalue weighted by molar-refractivity contribution is 5.70. The monoisotopic (exact) mass is 247 g/mol. The fourth-order valence-corrected chi connectivity index (χ4v) is 2.91. The van der Waals surface area contributed by atoms with Gasteiger partial charge in [0.25, 0.3) is 0 Å². The summed E-state index contributed by atoms with van der Waals surface area (Å²) in [7, 11) is 0. The molecular weight excluding hydrogens is 226 g/mol. The van der Waals surface area contributed by atoms with E-state index in [0.29, 0.717) is 12.1 Å². The third-order valence-electron chi connectivity index (χ3n) is 4.06. The number of benzene rings is 1. The van der Waals surface area contributed by atoms with Crippen LogP contribution < -0.4 is 0 Å². The molecule has 0 bridgehead atoms. The molecule has 98 valence electrons. The maximum Gasteiger partial charge on any atom is 0.306 e. The van der Waals surface area contributed by atoms with Crippen molar-refractivity contribution in [1.82, 2.24) is 4.90 Å². The molecule has 0 aliphatic carbocycles. The van der Waals surface area contributed by atoms with E-state index in [-0.39, 0.29) is 5.92 Å². The summed E-state index contributed by atoms with van der Waals surface area (Å²) in [6, 6.07) is 11.1.